The molecule has 0 spiro atoms. The number of sulfonamides is 1. The van der Waals surface area contributed by atoms with Crippen LogP contribution >= 0.6 is 11.6 Å². The minimum atomic E-state index is -3.95. The van der Waals surface area contributed by atoms with Crippen LogP contribution in [0.1, 0.15) is 23.7 Å². The van der Waals surface area contributed by atoms with E-state index in [2.05, 4.69) is 20.0 Å². The number of anilines is 3. The van der Waals surface area contributed by atoms with Gasteiger partial charge in [0.1, 0.15) is 0 Å². The standard InChI is InChI=1S/C24H21ClN4O4S/c1-2-15-33-24(30)16-7-11-18(12-8-16)26-22-23(28-21-6-4-3-5-20(21)27-22)29-34(31,32)19-13-9-17(25)10-14-19/h3-14H,2,15H2,1H3,(H,26,27)(H,28,29). The highest BCUT2D eigenvalue weighted by atomic mass is 35.5. The first kappa shape index (κ1) is 23.5. The van der Waals surface area contributed by atoms with Crippen molar-refractivity contribution in [1.82, 2.24) is 9.97 Å². The summed E-state index contributed by atoms with van der Waals surface area (Å²) in [6.45, 7) is 2.27. The lowest BCUT2D eigenvalue weighted by Crippen LogP contribution is -2.16. The van der Waals surface area contributed by atoms with Crippen LogP contribution in [0.25, 0.3) is 11.0 Å². The Hall–Kier alpha value is -3.69. The van der Waals surface area contributed by atoms with Gasteiger partial charge >= 0.3 is 5.97 Å². The summed E-state index contributed by atoms with van der Waals surface area (Å²) in [5.74, 6) is -0.173. The van der Waals surface area contributed by atoms with E-state index >= 15 is 0 Å². The highest BCUT2D eigenvalue weighted by Crippen LogP contribution is 2.27. The third kappa shape index (κ3) is 5.44. The third-order valence-corrected chi connectivity index (χ3v) is 6.35. The Morgan fingerprint density at radius 2 is 1.53 bits per heavy atom. The van der Waals surface area contributed by atoms with Crippen LogP contribution in [0.5, 0.6) is 0 Å². The molecule has 0 saturated heterocycles. The van der Waals surface area contributed by atoms with Gasteiger partial charge in [-0.1, -0.05) is 30.7 Å². The van der Waals surface area contributed by atoms with Crippen LogP contribution in [-0.2, 0) is 14.8 Å². The lowest BCUT2D eigenvalue weighted by molar-refractivity contribution is 0.0505. The maximum absolute atomic E-state index is 13.0. The fourth-order valence-electron chi connectivity index (χ4n) is 3.06. The molecule has 1 aromatic heterocycles. The van der Waals surface area contributed by atoms with E-state index < -0.39 is 16.0 Å². The molecular formula is C24H21ClN4O4S. The molecule has 0 radical (unpaired) electrons. The SMILES string of the molecule is CCCOC(=O)c1ccc(Nc2nc3ccccc3nc2NS(=O)(=O)c2ccc(Cl)cc2)cc1. The number of halogens is 1. The van der Waals surface area contributed by atoms with Crippen molar-refractivity contribution in [2.45, 2.75) is 18.2 Å². The van der Waals surface area contributed by atoms with E-state index in [4.69, 9.17) is 16.3 Å². The Morgan fingerprint density at radius 1 is 0.912 bits per heavy atom. The number of hydrogen-bond donors (Lipinski definition) is 2. The summed E-state index contributed by atoms with van der Waals surface area (Å²) in [6, 6.07) is 19.5. The van der Waals surface area contributed by atoms with Crippen LogP contribution < -0.4 is 10.0 Å². The molecule has 34 heavy (non-hydrogen) atoms. The molecule has 0 bridgehead atoms. The number of nitrogens with one attached hydrogen (secondary N) is 2. The molecule has 10 heteroatoms. The molecule has 2 N–H and O–H groups in total. The first-order valence-corrected chi connectivity index (χ1v) is 12.3. The van der Waals surface area contributed by atoms with Gasteiger partial charge in [-0.25, -0.2) is 23.2 Å². The quantitative estimate of drug-likeness (QED) is 0.314. The van der Waals surface area contributed by atoms with Gasteiger partial charge in [0.05, 0.1) is 28.1 Å². The first-order valence-electron chi connectivity index (χ1n) is 10.4. The van der Waals surface area contributed by atoms with Crippen molar-refractivity contribution in [3.05, 3.63) is 83.4 Å². The van der Waals surface area contributed by atoms with Crippen molar-refractivity contribution in [2.24, 2.45) is 0 Å². The van der Waals surface area contributed by atoms with Gasteiger partial charge in [-0.05, 0) is 67.1 Å². The number of fused-ring (bicyclic) bond motifs is 1. The minimum Gasteiger partial charge on any atom is -0.462 e. The average molecular weight is 497 g/mol. The molecule has 0 aliphatic carbocycles. The Labute approximate surface area is 202 Å². The smallest absolute Gasteiger partial charge is 0.338 e. The number of rotatable bonds is 8. The van der Waals surface area contributed by atoms with E-state index in [1.807, 2.05) is 13.0 Å². The summed E-state index contributed by atoms with van der Waals surface area (Å²) < 4.78 is 33.6. The summed E-state index contributed by atoms with van der Waals surface area (Å²) in [7, 11) is -3.95. The van der Waals surface area contributed by atoms with E-state index in [1.165, 1.54) is 24.3 Å². The number of carbonyl (C=O) groups is 1. The van der Waals surface area contributed by atoms with E-state index in [0.29, 0.717) is 33.9 Å². The van der Waals surface area contributed by atoms with Crippen molar-refractivity contribution >= 4 is 56.0 Å². The first-order chi connectivity index (χ1) is 16.4. The highest BCUT2D eigenvalue weighted by Gasteiger charge is 2.19. The van der Waals surface area contributed by atoms with Gasteiger partial charge in [-0.15, -0.1) is 0 Å². The van der Waals surface area contributed by atoms with Crippen molar-refractivity contribution in [3.63, 3.8) is 0 Å². The fraction of sp³-hybridized carbons (Fsp3) is 0.125. The topological polar surface area (TPSA) is 110 Å². The summed E-state index contributed by atoms with van der Waals surface area (Å²) in [5, 5.41) is 3.51. The molecule has 4 aromatic rings. The molecule has 4 rings (SSSR count). The van der Waals surface area contributed by atoms with E-state index in [0.717, 1.165) is 6.42 Å². The second kappa shape index (κ2) is 10.1. The number of ether oxygens (including phenoxy) is 1. The van der Waals surface area contributed by atoms with Crippen LogP contribution in [0, 0.1) is 0 Å². The van der Waals surface area contributed by atoms with Crippen molar-refractivity contribution in [3.8, 4) is 0 Å². The second-order valence-electron chi connectivity index (χ2n) is 7.31. The third-order valence-electron chi connectivity index (χ3n) is 4.75. The Kier molecular flexibility index (Phi) is 6.95. The van der Waals surface area contributed by atoms with Crippen LogP contribution in [-0.4, -0.2) is 31.0 Å². The Balaban J connectivity index is 1.66. The average Bonchev–Trinajstić information content (AvgIpc) is 2.83. The summed E-state index contributed by atoms with van der Waals surface area (Å²) in [5.41, 5.74) is 2.10. The van der Waals surface area contributed by atoms with E-state index in [9.17, 15) is 13.2 Å². The van der Waals surface area contributed by atoms with E-state index in [-0.39, 0.29) is 16.5 Å². The van der Waals surface area contributed by atoms with Crippen LogP contribution in [0.4, 0.5) is 17.3 Å². The zero-order chi connectivity index (χ0) is 24.1. The van der Waals surface area contributed by atoms with Gasteiger partial charge in [0.25, 0.3) is 10.0 Å². The van der Waals surface area contributed by atoms with Gasteiger partial charge in [0, 0.05) is 10.7 Å². The number of esters is 1. The normalized spacial score (nSPS) is 11.2. The largest absolute Gasteiger partial charge is 0.462 e. The molecule has 1 heterocycles. The molecule has 8 nitrogen and oxygen atoms in total. The molecule has 0 unspecified atom stereocenters. The Bertz CT molecular complexity index is 1430. The van der Waals surface area contributed by atoms with E-state index in [1.54, 1.807) is 42.5 Å². The van der Waals surface area contributed by atoms with Gasteiger partial charge in [0.2, 0.25) is 0 Å². The molecule has 0 amide bonds. The maximum Gasteiger partial charge on any atom is 0.338 e. The second-order valence-corrected chi connectivity index (χ2v) is 9.43. The fourth-order valence-corrected chi connectivity index (χ4v) is 4.20. The number of aromatic nitrogens is 2. The molecule has 0 aliphatic heterocycles. The summed E-state index contributed by atoms with van der Waals surface area (Å²) in [6.07, 6.45) is 0.737. The van der Waals surface area contributed by atoms with Gasteiger partial charge in [0.15, 0.2) is 11.6 Å². The lowest BCUT2D eigenvalue weighted by Gasteiger charge is -2.14. The van der Waals surface area contributed by atoms with Crippen molar-refractivity contribution in [2.75, 3.05) is 16.6 Å². The molecule has 0 fully saturated rings. The molecule has 0 saturated carbocycles. The molecular weight excluding hydrogens is 476 g/mol. The summed E-state index contributed by atoms with van der Waals surface area (Å²) in [4.78, 5) is 21.1. The maximum atomic E-state index is 13.0. The van der Waals surface area contributed by atoms with Gasteiger partial charge < -0.3 is 10.1 Å². The van der Waals surface area contributed by atoms with Crippen LogP contribution in [0.3, 0.4) is 0 Å². The molecule has 174 valence electrons. The van der Waals surface area contributed by atoms with Crippen LogP contribution in [0.15, 0.2) is 77.7 Å². The van der Waals surface area contributed by atoms with Crippen molar-refractivity contribution < 1.29 is 17.9 Å². The predicted molar refractivity (Wildman–Crippen MR) is 132 cm³/mol. The minimum absolute atomic E-state index is 0.0279. The number of para-hydroxylation sites is 2. The molecule has 0 atom stereocenters. The zero-order valence-electron chi connectivity index (χ0n) is 18.2. The number of carbonyl (C=O) groups excluding carboxylic acids is 1. The van der Waals surface area contributed by atoms with Gasteiger partial charge in [-0.3, -0.25) is 4.72 Å². The number of hydrogen-bond acceptors (Lipinski definition) is 7. The lowest BCUT2D eigenvalue weighted by atomic mass is 10.2. The highest BCUT2D eigenvalue weighted by molar-refractivity contribution is 7.92. The molecule has 3 aromatic carbocycles. The predicted octanol–water partition coefficient (Wildman–Crippen LogP) is 5.39. The molecule has 0 aliphatic rings. The van der Waals surface area contributed by atoms with Gasteiger partial charge in [-0.2, -0.15) is 0 Å². The number of benzene rings is 3. The number of nitrogens with zero attached hydrogens (tertiary/aromatic N) is 2. The Morgan fingerprint density at radius 3 is 2.15 bits per heavy atom. The zero-order valence-corrected chi connectivity index (χ0v) is 19.7. The van der Waals surface area contributed by atoms with Crippen molar-refractivity contribution in [1.29, 1.82) is 0 Å². The monoisotopic (exact) mass is 496 g/mol. The van der Waals surface area contributed by atoms with Crippen LogP contribution in [0.2, 0.25) is 5.02 Å². The summed E-state index contributed by atoms with van der Waals surface area (Å²) >= 11 is 5.88.